The first kappa shape index (κ1) is 27.4. The maximum Gasteiger partial charge on any atom is 0.220 e. The molecule has 6 rings (SSSR count). The second-order valence-corrected chi connectivity index (χ2v) is 14.8. The van der Waals surface area contributed by atoms with Crippen molar-refractivity contribution >= 4 is 5.78 Å². The van der Waals surface area contributed by atoms with Crippen LogP contribution in [0.15, 0.2) is 88.9 Å². The Labute approximate surface area is 240 Å². The number of fused-ring (bicyclic) bond motifs is 7. The third kappa shape index (κ3) is 3.65. The first-order valence-electron chi connectivity index (χ1n) is 15.2. The van der Waals surface area contributed by atoms with Gasteiger partial charge in [-0.25, -0.2) is 0 Å². The van der Waals surface area contributed by atoms with Crippen molar-refractivity contribution < 1.29 is 14.6 Å². The van der Waals surface area contributed by atoms with Crippen molar-refractivity contribution in [2.75, 3.05) is 0 Å². The molecule has 212 valence electrons. The molecule has 0 aliphatic heterocycles. The fourth-order valence-electron chi connectivity index (χ4n) is 9.63. The predicted octanol–water partition coefficient (Wildman–Crippen LogP) is 9.34. The van der Waals surface area contributed by atoms with E-state index in [4.69, 9.17) is 4.74 Å². The Balaban J connectivity index is 1.34. The molecule has 3 heteroatoms. The van der Waals surface area contributed by atoms with Crippen molar-refractivity contribution in [3.8, 4) is 0 Å². The fraction of sp³-hybridized carbons (Fsp3) is 0.541. The summed E-state index contributed by atoms with van der Waals surface area (Å²) >= 11 is 0. The maximum absolute atomic E-state index is 12.8. The summed E-state index contributed by atoms with van der Waals surface area (Å²) in [6.07, 6.45) is 14.2. The van der Waals surface area contributed by atoms with Gasteiger partial charge in [0, 0.05) is 16.4 Å². The van der Waals surface area contributed by atoms with Crippen LogP contribution in [0.25, 0.3) is 0 Å². The van der Waals surface area contributed by atoms with Gasteiger partial charge in [-0.3, -0.25) is 4.79 Å². The largest absolute Gasteiger partial charge is 0.504 e. The van der Waals surface area contributed by atoms with Crippen molar-refractivity contribution in [1.29, 1.82) is 0 Å². The van der Waals surface area contributed by atoms with E-state index in [-0.39, 0.29) is 33.2 Å². The van der Waals surface area contributed by atoms with Crippen LogP contribution in [0.4, 0.5) is 0 Å². The molecule has 0 saturated heterocycles. The highest BCUT2D eigenvalue weighted by Crippen LogP contribution is 2.75. The lowest BCUT2D eigenvalue weighted by Crippen LogP contribution is -2.61. The lowest BCUT2D eigenvalue weighted by molar-refractivity contribution is -0.161. The minimum absolute atomic E-state index is 0.0255. The minimum Gasteiger partial charge on any atom is -0.504 e. The van der Waals surface area contributed by atoms with E-state index in [1.54, 1.807) is 6.08 Å². The van der Waals surface area contributed by atoms with Gasteiger partial charge in [0.1, 0.15) is 6.61 Å². The van der Waals surface area contributed by atoms with Crippen LogP contribution in [0.2, 0.25) is 0 Å². The number of benzene rings is 1. The molecular formula is C37H46O3. The molecule has 1 aromatic carbocycles. The predicted molar refractivity (Wildman–Crippen MR) is 161 cm³/mol. The van der Waals surface area contributed by atoms with E-state index in [0.717, 1.165) is 42.6 Å². The fourth-order valence-corrected chi connectivity index (χ4v) is 9.63. The zero-order chi connectivity index (χ0) is 28.7. The summed E-state index contributed by atoms with van der Waals surface area (Å²) in [5.41, 5.74) is 5.75. The van der Waals surface area contributed by atoms with E-state index in [1.165, 1.54) is 30.4 Å². The number of hydrogen-bond acceptors (Lipinski definition) is 3. The van der Waals surface area contributed by atoms with Gasteiger partial charge >= 0.3 is 0 Å². The minimum atomic E-state index is -0.251. The highest BCUT2D eigenvalue weighted by atomic mass is 16.5. The topological polar surface area (TPSA) is 46.5 Å². The monoisotopic (exact) mass is 538 g/mol. The number of carbonyl (C=O) groups excluding carboxylic acids is 1. The molecule has 3 nitrogen and oxygen atoms in total. The van der Waals surface area contributed by atoms with Gasteiger partial charge in [-0.15, -0.1) is 0 Å². The smallest absolute Gasteiger partial charge is 0.220 e. The Morgan fingerprint density at radius 2 is 1.68 bits per heavy atom. The Bertz CT molecular complexity index is 1410. The summed E-state index contributed by atoms with van der Waals surface area (Å²) in [6.45, 7) is 19.3. The summed E-state index contributed by atoms with van der Waals surface area (Å²) in [7, 11) is 0. The SMILES string of the molecule is C=C(OCc1ccccc1)[C@]1(C)CC[C@]2(C)CC[C@]3(C)C4=CC=C5C(=CC(=O)C(O)=C5C)[C@]4(C)CC[C@@]3(C)[C@@H]2C1. The Morgan fingerprint density at radius 1 is 0.975 bits per heavy atom. The van der Waals surface area contributed by atoms with Crippen LogP contribution >= 0.6 is 0 Å². The number of aliphatic hydroxyl groups excluding tert-OH is 1. The van der Waals surface area contributed by atoms with Crippen molar-refractivity contribution in [3.63, 3.8) is 0 Å². The molecule has 0 heterocycles. The Morgan fingerprint density at radius 3 is 2.40 bits per heavy atom. The lowest BCUT2D eigenvalue weighted by atomic mass is 9.34. The van der Waals surface area contributed by atoms with Crippen LogP contribution in [-0.4, -0.2) is 10.9 Å². The van der Waals surface area contributed by atoms with Gasteiger partial charge in [0.05, 0.1) is 5.76 Å². The second-order valence-electron chi connectivity index (χ2n) is 14.8. The zero-order valence-electron chi connectivity index (χ0n) is 25.3. The molecule has 0 bridgehead atoms. The quantitative estimate of drug-likeness (QED) is 0.389. The lowest BCUT2D eigenvalue weighted by Gasteiger charge is -2.70. The van der Waals surface area contributed by atoms with Crippen molar-refractivity contribution in [2.45, 2.75) is 93.1 Å². The maximum atomic E-state index is 12.8. The van der Waals surface area contributed by atoms with Crippen LogP contribution < -0.4 is 0 Å². The number of hydrogen-bond donors (Lipinski definition) is 1. The van der Waals surface area contributed by atoms with Gasteiger partial charge in [-0.2, -0.15) is 0 Å². The molecule has 3 saturated carbocycles. The third-order valence-corrected chi connectivity index (χ3v) is 12.8. The molecule has 5 aliphatic carbocycles. The van der Waals surface area contributed by atoms with Gasteiger partial charge in [0.2, 0.25) is 5.78 Å². The number of carbonyl (C=O) groups is 1. The van der Waals surface area contributed by atoms with Crippen molar-refractivity contribution in [1.82, 2.24) is 0 Å². The van der Waals surface area contributed by atoms with Crippen LogP contribution in [0.1, 0.15) is 92.1 Å². The van der Waals surface area contributed by atoms with E-state index in [2.05, 4.69) is 77.6 Å². The van der Waals surface area contributed by atoms with Gasteiger partial charge in [0.25, 0.3) is 0 Å². The van der Waals surface area contributed by atoms with Gasteiger partial charge in [-0.1, -0.05) is 89.3 Å². The van der Waals surface area contributed by atoms with E-state index in [0.29, 0.717) is 23.5 Å². The molecule has 0 radical (unpaired) electrons. The molecule has 1 N–H and O–H groups in total. The molecule has 3 fully saturated rings. The Kier molecular flexibility index (Phi) is 6.05. The molecule has 1 aromatic rings. The average molecular weight is 539 g/mol. The highest BCUT2D eigenvalue weighted by molar-refractivity contribution is 6.06. The van der Waals surface area contributed by atoms with E-state index in [9.17, 15) is 9.90 Å². The highest BCUT2D eigenvalue weighted by Gasteiger charge is 2.67. The number of rotatable bonds is 4. The number of ketones is 1. The van der Waals surface area contributed by atoms with Crippen LogP contribution in [-0.2, 0) is 16.1 Å². The standard InChI is InChI=1S/C37H46O3/c1-24-27-13-14-30-35(5,28(27)21-29(38)32(24)39)18-20-37(7)31-22-34(4,16-15-33(31,3)17-19-36(30,37)6)25(2)40-23-26-11-9-8-10-12-26/h8-14,21,31,39H,2,15-20,22-23H2,1,3-7H3/t31-,33-,34-,35+,36-,37+/m1/s1. The van der Waals surface area contributed by atoms with Crippen molar-refractivity contribution in [2.24, 2.45) is 33.0 Å². The summed E-state index contributed by atoms with van der Waals surface area (Å²) in [6, 6.07) is 10.4. The molecule has 5 aliphatic rings. The average Bonchev–Trinajstić information content (AvgIpc) is 2.94. The van der Waals surface area contributed by atoms with Crippen molar-refractivity contribution in [3.05, 3.63) is 94.5 Å². The second kappa shape index (κ2) is 8.84. The zero-order valence-corrected chi connectivity index (χ0v) is 25.3. The van der Waals surface area contributed by atoms with E-state index < -0.39 is 0 Å². The molecule has 0 spiro atoms. The van der Waals surface area contributed by atoms with Gasteiger partial charge < -0.3 is 9.84 Å². The first-order valence-corrected chi connectivity index (χ1v) is 15.2. The molecule has 40 heavy (non-hydrogen) atoms. The molecule has 0 amide bonds. The van der Waals surface area contributed by atoms with E-state index >= 15 is 0 Å². The molecular weight excluding hydrogens is 492 g/mol. The van der Waals surface area contributed by atoms with Crippen LogP contribution in [0.3, 0.4) is 0 Å². The molecule has 6 atom stereocenters. The first-order chi connectivity index (χ1) is 18.8. The van der Waals surface area contributed by atoms with Crippen LogP contribution in [0, 0.1) is 33.0 Å². The molecule has 0 aromatic heterocycles. The number of allylic oxidation sites excluding steroid dienone is 8. The third-order valence-electron chi connectivity index (χ3n) is 12.8. The van der Waals surface area contributed by atoms with E-state index in [1.807, 2.05) is 13.0 Å². The molecule has 0 unspecified atom stereocenters. The summed E-state index contributed by atoms with van der Waals surface area (Å²) in [5, 5.41) is 10.4. The summed E-state index contributed by atoms with van der Waals surface area (Å²) in [4.78, 5) is 12.8. The Hall–Kier alpha value is -2.81. The summed E-state index contributed by atoms with van der Waals surface area (Å²) < 4.78 is 6.39. The van der Waals surface area contributed by atoms with Crippen LogP contribution in [0.5, 0.6) is 0 Å². The normalized spacial score (nSPS) is 40.5. The number of aliphatic hydroxyl groups is 1. The van der Waals surface area contributed by atoms with Gasteiger partial charge in [0.15, 0.2) is 5.76 Å². The van der Waals surface area contributed by atoms with Gasteiger partial charge in [-0.05, 0) is 96.8 Å². The summed E-state index contributed by atoms with van der Waals surface area (Å²) in [5.74, 6) is 1.14. The number of ether oxygens (including phenoxy) is 1.